The molecule has 20 heavy (non-hydrogen) atoms. The predicted molar refractivity (Wildman–Crippen MR) is 83.4 cm³/mol. The molecule has 4 nitrogen and oxygen atoms in total. The molecule has 3 N–H and O–H groups in total. The van der Waals surface area contributed by atoms with E-state index in [0.717, 1.165) is 17.9 Å². The van der Waals surface area contributed by atoms with Gasteiger partial charge in [0.05, 0.1) is 12.8 Å². The van der Waals surface area contributed by atoms with E-state index < -0.39 is 5.91 Å². The Balaban J connectivity index is 2.64. The number of hydrogen-bond donors (Lipinski definition) is 2. The first-order valence-corrected chi connectivity index (χ1v) is 7.32. The van der Waals surface area contributed by atoms with Crippen LogP contribution in [-0.4, -0.2) is 19.1 Å². The minimum atomic E-state index is -0.425. The molecule has 0 saturated heterocycles. The average molecular weight is 278 g/mol. The van der Waals surface area contributed by atoms with Gasteiger partial charge in [-0.1, -0.05) is 32.6 Å². The molecule has 112 valence electrons. The van der Waals surface area contributed by atoms with Gasteiger partial charge in [0, 0.05) is 11.6 Å². The number of rotatable bonds is 9. The fraction of sp³-hybridized carbons (Fsp3) is 0.562. The maximum atomic E-state index is 11.2. The number of unbranched alkanes of at least 4 members (excludes halogenated alkanes) is 3. The molecule has 0 aliphatic rings. The number of ether oxygens (including phenoxy) is 1. The standard InChI is InChI=1S/C16H26N2O2/c1-4-5-6-7-8-12(2)18-14-11-13(16(17)19)9-10-15(14)20-3/h9-12,18H,4-8H2,1-3H3,(H2,17,19). The lowest BCUT2D eigenvalue weighted by Gasteiger charge is -2.18. The third-order valence-corrected chi connectivity index (χ3v) is 3.38. The smallest absolute Gasteiger partial charge is 0.248 e. The van der Waals surface area contributed by atoms with Crippen molar-refractivity contribution in [1.29, 1.82) is 0 Å². The number of carbonyl (C=O) groups is 1. The number of amides is 1. The summed E-state index contributed by atoms with van der Waals surface area (Å²) in [7, 11) is 1.62. The quantitative estimate of drug-likeness (QED) is 0.679. The average Bonchev–Trinajstić information content (AvgIpc) is 2.43. The van der Waals surface area contributed by atoms with Crippen LogP contribution in [-0.2, 0) is 0 Å². The van der Waals surface area contributed by atoms with Crippen LogP contribution in [0.25, 0.3) is 0 Å². The first-order chi connectivity index (χ1) is 9.58. The minimum absolute atomic E-state index is 0.337. The van der Waals surface area contributed by atoms with Crippen molar-refractivity contribution in [3.05, 3.63) is 23.8 Å². The zero-order valence-corrected chi connectivity index (χ0v) is 12.7. The van der Waals surface area contributed by atoms with Gasteiger partial charge in [-0.15, -0.1) is 0 Å². The van der Waals surface area contributed by atoms with Gasteiger partial charge in [0.1, 0.15) is 5.75 Å². The Labute approximate surface area is 121 Å². The summed E-state index contributed by atoms with van der Waals surface area (Å²) in [5.41, 5.74) is 6.63. The Bertz CT molecular complexity index is 432. The number of carbonyl (C=O) groups excluding carboxylic acids is 1. The highest BCUT2D eigenvalue weighted by atomic mass is 16.5. The predicted octanol–water partition coefficient (Wildman–Crippen LogP) is 3.56. The summed E-state index contributed by atoms with van der Waals surface area (Å²) in [4.78, 5) is 11.2. The molecule has 0 heterocycles. The zero-order valence-electron chi connectivity index (χ0n) is 12.7. The topological polar surface area (TPSA) is 64.3 Å². The fourth-order valence-corrected chi connectivity index (χ4v) is 2.19. The molecule has 0 fully saturated rings. The van der Waals surface area contributed by atoms with E-state index in [1.807, 2.05) is 0 Å². The monoisotopic (exact) mass is 278 g/mol. The molecular weight excluding hydrogens is 252 g/mol. The first kappa shape index (κ1) is 16.3. The molecule has 0 radical (unpaired) electrons. The van der Waals surface area contributed by atoms with Gasteiger partial charge in [0.2, 0.25) is 5.91 Å². The second-order valence-corrected chi connectivity index (χ2v) is 5.17. The van der Waals surface area contributed by atoms with Crippen molar-refractivity contribution in [1.82, 2.24) is 0 Å². The van der Waals surface area contributed by atoms with Crippen molar-refractivity contribution >= 4 is 11.6 Å². The van der Waals surface area contributed by atoms with E-state index in [9.17, 15) is 4.79 Å². The largest absolute Gasteiger partial charge is 0.495 e. The normalized spacial score (nSPS) is 11.9. The molecule has 0 bridgehead atoms. The Morgan fingerprint density at radius 2 is 2.10 bits per heavy atom. The molecule has 4 heteroatoms. The number of methoxy groups -OCH3 is 1. The Hall–Kier alpha value is -1.71. The Kier molecular flexibility index (Phi) is 6.91. The number of primary amides is 1. The molecule has 0 saturated carbocycles. The minimum Gasteiger partial charge on any atom is -0.495 e. The molecule has 1 aromatic rings. The van der Waals surface area contributed by atoms with Crippen LogP contribution in [0.15, 0.2) is 18.2 Å². The number of hydrogen-bond acceptors (Lipinski definition) is 3. The summed E-state index contributed by atoms with van der Waals surface area (Å²) in [5.74, 6) is 0.307. The molecule has 1 rings (SSSR count). The van der Waals surface area contributed by atoms with Crippen LogP contribution >= 0.6 is 0 Å². The molecule has 0 aromatic heterocycles. The highest BCUT2D eigenvalue weighted by Gasteiger charge is 2.10. The van der Waals surface area contributed by atoms with Gasteiger partial charge in [-0.05, 0) is 31.5 Å². The van der Waals surface area contributed by atoms with Crippen molar-refractivity contribution in [2.45, 2.75) is 52.0 Å². The Morgan fingerprint density at radius 3 is 2.70 bits per heavy atom. The van der Waals surface area contributed by atoms with Crippen LogP contribution in [0.5, 0.6) is 5.75 Å². The van der Waals surface area contributed by atoms with Crippen molar-refractivity contribution < 1.29 is 9.53 Å². The van der Waals surface area contributed by atoms with E-state index in [1.54, 1.807) is 25.3 Å². The van der Waals surface area contributed by atoms with E-state index in [-0.39, 0.29) is 0 Å². The van der Waals surface area contributed by atoms with Crippen LogP contribution in [0.2, 0.25) is 0 Å². The summed E-state index contributed by atoms with van der Waals surface area (Å²) >= 11 is 0. The van der Waals surface area contributed by atoms with E-state index in [0.29, 0.717) is 11.6 Å². The lowest BCUT2D eigenvalue weighted by Crippen LogP contribution is -2.17. The lowest BCUT2D eigenvalue weighted by atomic mass is 10.1. The van der Waals surface area contributed by atoms with Crippen LogP contribution in [0.1, 0.15) is 56.3 Å². The number of nitrogens with one attached hydrogen (secondary N) is 1. The van der Waals surface area contributed by atoms with Crippen LogP contribution in [0.4, 0.5) is 5.69 Å². The first-order valence-electron chi connectivity index (χ1n) is 7.32. The van der Waals surface area contributed by atoms with Gasteiger partial charge in [0.25, 0.3) is 0 Å². The van der Waals surface area contributed by atoms with Crippen molar-refractivity contribution in [2.75, 3.05) is 12.4 Å². The van der Waals surface area contributed by atoms with Gasteiger partial charge >= 0.3 is 0 Å². The van der Waals surface area contributed by atoms with Gasteiger partial charge < -0.3 is 15.8 Å². The summed E-state index contributed by atoms with van der Waals surface area (Å²) < 4.78 is 5.31. The summed E-state index contributed by atoms with van der Waals surface area (Å²) in [5, 5.41) is 3.40. The van der Waals surface area contributed by atoms with Gasteiger partial charge in [-0.3, -0.25) is 4.79 Å². The summed E-state index contributed by atoms with van der Waals surface area (Å²) in [6.07, 6.45) is 6.11. The molecule has 1 unspecified atom stereocenters. The molecule has 0 spiro atoms. The van der Waals surface area contributed by atoms with Crippen molar-refractivity contribution in [2.24, 2.45) is 5.73 Å². The van der Waals surface area contributed by atoms with Crippen LogP contribution in [0, 0.1) is 0 Å². The van der Waals surface area contributed by atoms with E-state index >= 15 is 0 Å². The summed E-state index contributed by atoms with van der Waals surface area (Å²) in [6.45, 7) is 4.35. The van der Waals surface area contributed by atoms with E-state index in [4.69, 9.17) is 10.5 Å². The lowest BCUT2D eigenvalue weighted by molar-refractivity contribution is 0.100. The molecule has 1 amide bonds. The number of anilines is 1. The van der Waals surface area contributed by atoms with Crippen LogP contribution < -0.4 is 15.8 Å². The summed E-state index contributed by atoms with van der Waals surface area (Å²) in [6, 6.07) is 5.54. The maximum absolute atomic E-state index is 11.2. The molecule has 1 aromatic carbocycles. The fourth-order valence-electron chi connectivity index (χ4n) is 2.19. The highest BCUT2D eigenvalue weighted by molar-refractivity contribution is 5.94. The Morgan fingerprint density at radius 1 is 1.35 bits per heavy atom. The molecule has 0 aliphatic heterocycles. The van der Waals surface area contributed by atoms with Gasteiger partial charge in [0.15, 0.2) is 0 Å². The maximum Gasteiger partial charge on any atom is 0.248 e. The SMILES string of the molecule is CCCCCCC(C)Nc1cc(C(N)=O)ccc1OC. The van der Waals surface area contributed by atoms with Crippen LogP contribution in [0.3, 0.4) is 0 Å². The third kappa shape index (κ3) is 5.11. The second-order valence-electron chi connectivity index (χ2n) is 5.17. The highest BCUT2D eigenvalue weighted by Crippen LogP contribution is 2.26. The van der Waals surface area contributed by atoms with Crippen molar-refractivity contribution in [3.8, 4) is 5.75 Å². The molecular formula is C16H26N2O2. The zero-order chi connectivity index (χ0) is 15.0. The molecule has 0 aliphatic carbocycles. The number of nitrogens with two attached hydrogens (primary N) is 1. The van der Waals surface area contributed by atoms with Crippen molar-refractivity contribution in [3.63, 3.8) is 0 Å². The number of benzene rings is 1. The van der Waals surface area contributed by atoms with Gasteiger partial charge in [-0.2, -0.15) is 0 Å². The molecule has 1 atom stereocenters. The third-order valence-electron chi connectivity index (χ3n) is 3.38. The second kappa shape index (κ2) is 8.46. The van der Waals surface area contributed by atoms with E-state index in [2.05, 4.69) is 19.2 Å². The van der Waals surface area contributed by atoms with E-state index in [1.165, 1.54) is 25.7 Å². The van der Waals surface area contributed by atoms with Gasteiger partial charge in [-0.25, -0.2) is 0 Å².